The van der Waals surface area contributed by atoms with Crippen molar-refractivity contribution >= 4 is 0 Å². The Balaban J connectivity index is 2.09. The molecule has 0 bridgehead atoms. The molecule has 0 aromatic carbocycles. The summed E-state index contributed by atoms with van der Waals surface area (Å²) in [7, 11) is 0. The summed E-state index contributed by atoms with van der Waals surface area (Å²) in [5.41, 5.74) is 2.35. The maximum absolute atomic E-state index is 4.81. The first-order valence-electron chi connectivity index (χ1n) is 7.97. The molecule has 0 saturated heterocycles. The molecule has 112 valence electrons. The van der Waals surface area contributed by atoms with Crippen molar-refractivity contribution in [1.29, 1.82) is 0 Å². The van der Waals surface area contributed by atoms with E-state index in [4.69, 9.17) is 9.97 Å². The molecule has 1 heterocycles. The first-order valence-corrected chi connectivity index (χ1v) is 7.97. The number of nitrogens with one attached hydrogen (secondary N) is 1. The molecule has 3 nitrogen and oxygen atoms in total. The van der Waals surface area contributed by atoms with Crippen LogP contribution in [0.5, 0.6) is 0 Å². The summed E-state index contributed by atoms with van der Waals surface area (Å²) in [6.07, 6.45) is 5.16. The van der Waals surface area contributed by atoms with Gasteiger partial charge in [0.2, 0.25) is 0 Å². The van der Waals surface area contributed by atoms with Crippen LogP contribution < -0.4 is 5.32 Å². The van der Waals surface area contributed by atoms with E-state index in [1.807, 2.05) is 0 Å². The maximum atomic E-state index is 4.81. The van der Waals surface area contributed by atoms with Gasteiger partial charge in [-0.3, -0.25) is 0 Å². The Morgan fingerprint density at radius 1 is 1.25 bits per heavy atom. The van der Waals surface area contributed by atoms with Crippen LogP contribution in [0.15, 0.2) is 6.07 Å². The first kappa shape index (κ1) is 15.4. The van der Waals surface area contributed by atoms with Gasteiger partial charge in [0.05, 0.1) is 5.69 Å². The van der Waals surface area contributed by atoms with Gasteiger partial charge in [-0.05, 0) is 58.9 Å². The van der Waals surface area contributed by atoms with Crippen molar-refractivity contribution in [2.24, 2.45) is 5.92 Å². The lowest BCUT2D eigenvalue weighted by Crippen LogP contribution is -2.35. The van der Waals surface area contributed by atoms with Crippen molar-refractivity contribution in [3.63, 3.8) is 0 Å². The smallest absolute Gasteiger partial charge is 0.131 e. The fourth-order valence-corrected chi connectivity index (χ4v) is 2.97. The van der Waals surface area contributed by atoms with E-state index in [0.717, 1.165) is 29.7 Å². The molecule has 0 spiro atoms. The molecule has 0 radical (unpaired) electrons. The molecular weight excluding hydrogens is 246 g/mol. The summed E-state index contributed by atoms with van der Waals surface area (Å²) in [4.78, 5) is 9.50. The lowest BCUT2D eigenvalue weighted by molar-refractivity contribution is 0.420. The highest BCUT2D eigenvalue weighted by molar-refractivity contribution is 5.13. The summed E-state index contributed by atoms with van der Waals surface area (Å²) < 4.78 is 0. The van der Waals surface area contributed by atoms with Gasteiger partial charge in [0.15, 0.2) is 0 Å². The van der Waals surface area contributed by atoms with Gasteiger partial charge in [0, 0.05) is 23.7 Å². The van der Waals surface area contributed by atoms with Crippen LogP contribution in [0.1, 0.15) is 76.5 Å². The van der Waals surface area contributed by atoms with Crippen molar-refractivity contribution in [2.75, 3.05) is 0 Å². The Bertz CT molecular complexity index is 448. The normalized spacial score (nSPS) is 23.2. The third-order valence-electron chi connectivity index (χ3n) is 4.21. The zero-order chi connectivity index (χ0) is 14.8. The van der Waals surface area contributed by atoms with Crippen LogP contribution in [0.4, 0.5) is 0 Å². The highest BCUT2D eigenvalue weighted by Crippen LogP contribution is 2.38. The zero-order valence-corrected chi connectivity index (χ0v) is 13.7. The Morgan fingerprint density at radius 2 is 2.00 bits per heavy atom. The molecule has 1 aromatic heterocycles. The van der Waals surface area contributed by atoms with Crippen molar-refractivity contribution in [3.05, 3.63) is 23.3 Å². The second-order valence-electron chi connectivity index (χ2n) is 7.25. The van der Waals surface area contributed by atoms with E-state index < -0.39 is 0 Å². The molecule has 1 N–H and O–H groups in total. The van der Waals surface area contributed by atoms with Crippen molar-refractivity contribution in [3.8, 4) is 0 Å². The fourth-order valence-electron chi connectivity index (χ4n) is 2.97. The van der Waals surface area contributed by atoms with E-state index in [1.165, 1.54) is 25.7 Å². The van der Waals surface area contributed by atoms with Crippen LogP contribution >= 0.6 is 0 Å². The van der Waals surface area contributed by atoms with Crippen LogP contribution in [0.2, 0.25) is 0 Å². The summed E-state index contributed by atoms with van der Waals surface area (Å²) in [5.74, 6) is 2.53. The molecule has 1 saturated carbocycles. The molecule has 2 atom stereocenters. The lowest BCUT2D eigenvalue weighted by Gasteiger charge is -2.20. The summed E-state index contributed by atoms with van der Waals surface area (Å²) in [5, 5.41) is 3.51. The molecule has 2 rings (SSSR count). The van der Waals surface area contributed by atoms with E-state index in [2.05, 4.69) is 46.0 Å². The molecule has 1 aromatic rings. The van der Waals surface area contributed by atoms with Crippen LogP contribution in [-0.2, 0) is 6.54 Å². The van der Waals surface area contributed by atoms with Gasteiger partial charge < -0.3 is 5.32 Å². The van der Waals surface area contributed by atoms with Crippen LogP contribution in [0.25, 0.3) is 0 Å². The summed E-state index contributed by atoms with van der Waals surface area (Å²) in [6.45, 7) is 11.8. The lowest BCUT2D eigenvalue weighted by atomic mass is 10.0. The topological polar surface area (TPSA) is 37.8 Å². The number of hydrogen-bond donors (Lipinski definition) is 1. The van der Waals surface area contributed by atoms with Gasteiger partial charge in [-0.15, -0.1) is 0 Å². The fraction of sp³-hybridized carbons (Fsp3) is 0.765. The first-order chi connectivity index (χ1) is 9.37. The van der Waals surface area contributed by atoms with E-state index in [9.17, 15) is 0 Å². The van der Waals surface area contributed by atoms with Gasteiger partial charge >= 0.3 is 0 Å². The van der Waals surface area contributed by atoms with E-state index in [0.29, 0.717) is 5.92 Å². The van der Waals surface area contributed by atoms with Crippen molar-refractivity contribution in [2.45, 2.75) is 78.3 Å². The van der Waals surface area contributed by atoms with Crippen molar-refractivity contribution < 1.29 is 0 Å². The van der Waals surface area contributed by atoms with Crippen LogP contribution in [0.3, 0.4) is 0 Å². The Morgan fingerprint density at radius 3 is 2.60 bits per heavy atom. The van der Waals surface area contributed by atoms with Gasteiger partial charge in [-0.1, -0.05) is 13.3 Å². The predicted octanol–water partition coefficient (Wildman–Crippen LogP) is 3.97. The monoisotopic (exact) mass is 275 g/mol. The standard InChI is InChI=1S/C17H29N3/c1-6-13-7-8-14(10-13)16-19-12(2)9-15(20-16)11-18-17(3,4)5/h9,13-14,18H,6-8,10-11H2,1-5H3. The number of nitrogens with zero attached hydrogens (tertiary/aromatic N) is 2. The Labute approximate surface area is 123 Å². The second-order valence-corrected chi connectivity index (χ2v) is 7.25. The van der Waals surface area contributed by atoms with Gasteiger partial charge in [-0.2, -0.15) is 0 Å². The molecule has 20 heavy (non-hydrogen) atoms. The Kier molecular flexibility index (Phi) is 4.79. The predicted molar refractivity (Wildman–Crippen MR) is 83.7 cm³/mol. The third-order valence-corrected chi connectivity index (χ3v) is 4.21. The summed E-state index contributed by atoms with van der Waals surface area (Å²) >= 11 is 0. The van der Waals surface area contributed by atoms with Gasteiger partial charge in [0.1, 0.15) is 5.82 Å². The van der Waals surface area contributed by atoms with Gasteiger partial charge in [-0.25, -0.2) is 9.97 Å². The molecule has 2 unspecified atom stereocenters. The molecule has 1 aliphatic rings. The SMILES string of the molecule is CCC1CCC(c2nc(C)cc(CNC(C)(C)C)n2)C1. The highest BCUT2D eigenvalue weighted by Gasteiger charge is 2.27. The minimum atomic E-state index is 0.125. The molecule has 0 aliphatic heterocycles. The van der Waals surface area contributed by atoms with E-state index in [-0.39, 0.29) is 5.54 Å². The zero-order valence-electron chi connectivity index (χ0n) is 13.7. The number of aryl methyl sites for hydroxylation is 1. The molecular formula is C17H29N3. The average Bonchev–Trinajstić information content (AvgIpc) is 2.84. The number of rotatable bonds is 4. The number of hydrogen-bond acceptors (Lipinski definition) is 3. The van der Waals surface area contributed by atoms with Crippen LogP contribution in [0, 0.1) is 12.8 Å². The second kappa shape index (κ2) is 6.21. The molecule has 1 fully saturated rings. The van der Waals surface area contributed by atoms with Crippen molar-refractivity contribution in [1.82, 2.24) is 15.3 Å². The van der Waals surface area contributed by atoms with E-state index in [1.54, 1.807) is 0 Å². The largest absolute Gasteiger partial charge is 0.306 e. The van der Waals surface area contributed by atoms with E-state index >= 15 is 0 Å². The molecule has 3 heteroatoms. The quantitative estimate of drug-likeness (QED) is 0.903. The van der Waals surface area contributed by atoms with Crippen LogP contribution in [-0.4, -0.2) is 15.5 Å². The minimum Gasteiger partial charge on any atom is -0.306 e. The maximum Gasteiger partial charge on any atom is 0.131 e. The summed E-state index contributed by atoms with van der Waals surface area (Å²) in [6, 6.07) is 2.11. The number of aromatic nitrogens is 2. The molecule has 0 amide bonds. The minimum absolute atomic E-state index is 0.125. The third kappa shape index (κ3) is 4.27. The molecule has 1 aliphatic carbocycles. The van der Waals surface area contributed by atoms with Gasteiger partial charge in [0.25, 0.3) is 0 Å². The Hall–Kier alpha value is -0.960. The average molecular weight is 275 g/mol. The highest BCUT2D eigenvalue weighted by atomic mass is 15.0.